The first-order valence-corrected chi connectivity index (χ1v) is 6.92. The third kappa shape index (κ3) is 2.36. The lowest BCUT2D eigenvalue weighted by atomic mass is 10.2. The highest BCUT2D eigenvalue weighted by atomic mass is 35.5. The summed E-state index contributed by atoms with van der Waals surface area (Å²) >= 11 is 12.1. The van der Waals surface area contributed by atoms with Gasteiger partial charge in [0.2, 0.25) is 0 Å². The Morgan fingerprint density at radius 3 is 2.71 bits per heavy atom. The lowest BCUT2D eigenvalue weighted by Crippen LogP contribution is -2.05. The monoisotopic (exact) mass is 327 g/mol. The molecule has 3 rings (SSSR count). The van der Waals surface area contributed by atoms with Crippen LogP contribution in [0.4, 0.5) is 8.78 Å². The zero-order chi connectivity index (χ0) is 15.1. The Balaban J connectivity index is 2.42. The van der Waals surface area contributed by atoms with Crippen LogP contribution in [-0.2, 0) is 0 Å². The smallest absolute Gasteiger partial charge is 0.151 e. The molecule has 0 saturated heterocycles. The Morgan fingerprint density at radius 2 is 2.05 bits per heavy atom. The number of benzene rings is 1. The first-order valence-electron chi connectivity index (χ1n) is 6.10. The number of hydrogen-bond donors (Lipinski definition) is 0. The minimum absolute atomic E-state index is 0.0225. The van der Waals surface area contributed by atoms with Crippen LogP contribution in [0.3, 0.4) is 0 Å². The molecule has 1 atom stereocenters. The van der Waals surface area contributed by atoms with E-state index in [1.54, 1.807) is 25.4 Å². The van der Waals surface area contributed by atoms with E-state index in [0.717, 1.165) is 12.1 Å². The summed E-state index contributed by atoms with van der Waals surface area (Å²) in [6, 6.07) is 3.50. The summed E-state index contributed by atoms with van der Waals surface area (Å²) in [6.45, 7) is 1.71. The summed E-state index contributed by atoms with van der Waals surface area (Å²) < 4.78 is 28.9. The van der Waals surface area contributed by atoms with Gasteiger partial charge in [0.15, 0.2) is 5.82 Å². The molecule has 3 aromatic rings. The van der Waals surface area contributed by atoms with Crippen molar-refractivity contribution in [2.45, 2.75) is 12.3 Å². The Kier molecular flexibility index (Phi) is 3.55. The van der Waals surface area contributed by atoms with Gasteiger partial charge in [0.05, 0.1) is 22.1 Å². The maximum absolute atomic E-state index is 14.2. The molecule has 2 heterocycles. The average molecular weight is 328 g/mol. The molecule has 0 fully saturated rings. The second-order valence-corrected chi connectivity index (χ2v) is 5.57. The molecule has 2 aromatic heterocycles. The molecule has 0 radical (unpaired) electrons. The van der Waals surface area contributed by atoms with Gasteiger partial charge in [-0.3, -0.25) is 9.55 Å². The number of aromatic nitrogens is 3. The molecule has 0 saturated carbocycles. The summed E-state index contributed by atoms with van der Waals surface area (Å²) in [5.41, 5.74) is 1.17. The number of fused-ring (bicyclic) bond motifs is 1. The number of pyridine rings is 1. The SMILES string of the molecule is CC(Cl)c1nc2cnccc2n1-c1c(F)cc(F)cc1Cl. The minimum atomic E-state index is -0.783. The van der Waals surface area contributed by atoms with Crippen molar-refractivity contribution in [1.82, 2.24) is 14.5 Å². The van der Waals surface area contributed by atoms with Crippen molar-refractivity contribution in [3.63, 3.8) is 0 Å². The van der Waals surface area contributed by atoms with Gasteiger partial charge in [0.25, 0.3) is 0 Å². The van der Waals surface area contributed by atoms with Gasteiger partial charge in [-0.15, -0.1) is 11.6 Å². The summed E-state index contributed by atoms with van der Waals surface area (Å²) in [5.74, 6) is -1.12. The summed E-state index contributed by atoms with van der Waals surface area (Å²) in [4.78, 5) is 8.32. The van der Waals surface area contributed by atoms with Crippen molar-refractivity contribution < 1.29 is 8.78 Å². The number of hydrogen-bond acceptors (Lipinski definition) is 2. The summed E-state index contributed by atoms with van der Waals surface area (Å²) in [6.07, 6.45) is 3.10. The normalized spacial score (nSPS) is 12.8. The molecular formula is C14H9Cl2F2N3. The molecule has 0 aliphatic heterocycles. The van der Waals surface area contributed by atoms with Crippen LogP contribution >= 0.6 is 23.2 Å². The molecule has 1 unspecified atom stereocenters. The lowest BCUT2D eigenvalue weighted by Gasteiger charge is -2.13. The van der Waals surface area contributed by atoms with Crippen molar-refractivity contribution in [1.29, 1.82) is 0 Å². The van der Waals surface area contributed by atoms with Crippen LogP contribution in [0, 0.1) is 11.6 Å². The zero-order valence-corrected chi connectivity index (χ0v) is 12.3. The number of nitrogens with zero attached hydrogens (tertiary/aromatic N) is 3. The number of rotatable bonds is 2. The largest absolute Gasteiger partial charge is 0.291 e. The van der Waals surface area contributed by atoms with E-state index in [0.29, 0.717) is 16.9 Å². The van der Waals surface area contributed by atoms with Crippen molar-refractivity contribution in [3.05, 3.63) is 53.1 Å². The van der Waals surface area contributed by atoms with E-state index in [1.165, 1.54) is 4.57 Å². The van der Waals surface area contributed by atoms with E-state index < -0.39 is 17.0 Å². The Hall–Kier alpha value is -1.72. The second kappa shape index (κ2) is 5.24. The van der Waals surface area contributed by atoms with Gasteiger partial charge in [-0.05, 0) is 19.1 Å². The highest BCUT2D eigenvalue weighted by Gasteiger charge is 2.21. The van der Waals surface area contributed by atoms with Crippen LogP contribution in [0.2, 0.25) is 5.02 Å². The number of halogens is 4. The predicted molar refractivity (Wildman–Crippen MR) is 78.1 cm³/mol. The lowest BCUT2D eigenvalue weighted by molar-refractivity contribution is 0.577. The molecule has 0 N–H and O–H groups in total. The van der Waals surface area contributed by atoms with Crippen LogP contribution in [0.25, 0.3) is 16.7 Å². The standard InChI is InChI=1S/C14H9Cl2F2N3/c1-7(15)14-20-11-6-19-3-2-12(11)21(14)13-9(16)4-8(17)5-10(13)18/h2-7H,1H3. The van der Waals surface area contributed by atoms with Crippen LogP contribution in [0.5, 0.6) is 0 Å². The maximum Gasteiger partial charge on any atom is 0.151 e. The second-order valence-electron chi connectivity index (χ2n) is 4.50. The quantitative estimate of drug-likeness (QED) is 0.641. The molecule has 108 valence electrons. The minimum Gasteiger partial charge on any atom is -0.291 e. The molecule has 3 nitrogen and oxygen atoms in total. The van der Waals surface area contributed by atoms with E-state index in [4.69, 9.17) is 23.2 Å². The van der Waals surface area contributed by atoms with Gasteiger partial charge >= 0.3 is 0 Å². The van der Waals surface area contributed by atoms with E-state index >= 15 is 0 Å². The van der Waals surface area contributed by atoms with Crippen molar-refractivity contribution in [2.24, 2.45) is 0 Å². The highest BCUT2D eigenvalue weighted by molar-refractivity contribution is 6.32. The predicted octanol–water partition coefficient (Wildman–Crippen LogP) is 4.65. The summed E-state index contributed by atoms with van der Waals surface area (Å²) in [7, 11) is 0. The van der Waals surface area contributed by atoms with Crippen LogP contribution in [-0.4, -0.2) is 14.5 Å². The Labute approximate surface area is 129 Å². The van der Waals surface area contributed by atoms with Crippen molar-refractivity contribution >= 4 is 34.2 Å². The molecule has 0 aliphatic carbocycles. The first kappa shape index (κ1) is 14.2. The van der Waals surface area contributed by atoms with Gasteiger partial charge < -0.3 is 0 Å². The van der Waals surface area contributed by atoms with E-state index in [2.05, 4.69) is 9.97 Å². The zero-order valence-electron chi connectivity index (χ0n) is 10.8. The molecule has 21 heavy (non-hydrogen) atoms. The molecular weight excluding hydrogens is 319 g/mol. The highest BCUT2D eigenvalue weighted by Crippen LogP contribution is 2.33. The fourth-order valence-corrected chi connectivity index (χ4v) is 2.63. The number of alkyl halides is 1. The van der Waals surface area contributed by atoms with Crippen LogP contribution < -0.4 is 0 Å². The van der Waals surface area contributed by atoms with Gasteiger partial charge in [-0.1, -0.05) is 11.6 Å². The maximum atomic E-state index is 14.2. The van der Waals surface area contributed by atoms with Crippen molar-refractivity contribution in [2.75, 3.05) is 0 Å². The molecule has 0 spiro atoms. The molecule has 7 heteroatoms. The fourth-order valence-electron chi connectivity index (χ4n) is 2.20. The van der Waals surface area contributed by atoms with E-state index in [9.17, 15) is 8.78 Å². The van der Waals surface area contributed by atoms with Crippen LogP contribution in [0.1, 0.15) is 18.1 Å². The van der Waals surface area contributed by atoms with Gasteiger partial charge in [0.1, 0.15) is 22.8 Å². The van der Waals surface area contributed by atoms with E-state index in [1.807, 2.05) is 0 Å². The van der Waals surface area contributed by atoms with Gasteiger partial charge in [0, 0.05) is 12.3 Å². The Bertz CT molecular complexity index is 807. The third-order valence-corrected chi connectivity index (χ3v) is 3.53. The first-order chi connectivity index (χ1) is 9.99. The molecule has 0 aliphatic rings. The molecule has 0 amide bonds. The van der Waals surface area contributed by atoms with Crippen molar-refractivity contribution in [3.8, 4) is 5.69 Å². The number of imidazole rings is 1. The molecule has 0 bridgehead atoms. The Morgan fingerprint density at radius 1 is 1.29 bits per heavy atom. The average Bonchev–Trinajstić information content (AvgIpc) is 2.77. The summed E-state index contributed by atoms with van der Waals surface area (Å²) in [5, 5.41) is -0.542. The van der Waals surface area contributed by atoms with Gasteiger partial charge in [-0.25, -0.2) is 13.8 Å². The third-order valence-electron chi connectivity index (χ3n) is 3.04. The fraction of sp³-hybridized carbons (Fsp3) is 0.143. The van der Waals surface area contributed by atoms with Gasteiger partial charge in [-0.2, -0.15) is 0 Å². The topological polar surface area (TPSA) is 30.7 Å². The molecule has 1 aromatic carbocycles. The van der Waals surface area contributed by atoms with E-state index in [-0.39, 0.29) is 10.7 Å². The van der Waals surface area contributed by atoms with Crippen LogP contribution in [0.15, 0.2) is 30.6 Å².